The van der Waals surface area contributed by atoms with Crippen molar-refractivity contribution in [2.24, 2.45) is 0 Å². The van der Waals surface area contributed by atoms with Crippen LogP contribution >= 0.6 is 0 Å². The number of hydrogen-bond acceptors (Lipinski definition) is 2. The first-order valence-electron chi connectivity index (χ1n) is 5.66. The Balaban J connectivity index is 1.99. The molecule has 0 bridgehead atoms. The molecule has 0 spiro atoms. The number of nitrogens with one attached hydrogen (secondary N) is 1. The molecule has 0 atom stereocenters. The maximum absolute atomic E-state index is 11.8. The van der Waals surface area contributed by atoms with E-state index in [1.807, 2.05) is 0 Å². The van der Waals surface area contributed by atoms with Gasteiger partial charge in [-0.1, -0.05) is 25.0 Å². The van der Waals surface area contributed by atoms with Crippen molar-refractivity contribution >= 4 is 12.2 Å². The molecule has 3 nitrogen and oxygen atoms in total. The summed E-state index contributed by atoms with van der Waals surface area (Å²) >= 11 is 0. The Morgan fingerprint density at radius 3 is 2.38 bits per heavy atom. The van der Waals surface area contributed by atoms with Crippen molar-refractivity contribution in [3.8, 4) is 0 Å². The van der Waals surface area contributed by atoms with E-state index >= 15 is 0 Å². The van der Waals surface area contributed by atoms with Crippen molar-refractivity contribution < 1.29 is 9.59 Å². The number of aldehydes is 1. The van der Waals surface area contributed by atoms with Crippen LogP contribution in [0.2, 0.25) is 0 Å². The van der Waals surface area contributed by atoms with Crippen LogP contribution in [0.25, 0.3) is 0 Å². The molecule has 84 valence electrons. The highest BCUT2D eigenvalue weighted by molar-refractivity contribution is 5.95. The molecule has 0 heterocycles. The van der Waals surface area contributed by atoms with Crippen molar-refractivity contribution in [3.05, 3.63) is 35.4 Å². The van der Waals surface area contributed by atoms with Gasteiger partial charge in [0.15, 0.2) is 0 Å². The fourth-order valence-electron chi connectivity index (χ4n) is 2.05. The van der Waals surface area contributed by atoms with Crippen molar-refractivity contribution in [1.82, 2.24) is 5.32 Å². The fourth-order valence-corrected chi connectivity index (χ4v) is 2.05. The Hall–Kier alpha value is -1.64. The Kier molecular flexibility index (Phi) is 3.34. The van der Waals surface area contributed by atoms with E-state index in [4.69, 9.17) is 0 Å². The number of hydrogen-bond donors (Lipinski definition) is 1. The average Bonchev–Trinajstić information content (AvgIpc) is 2.82. The van der Waals surface area contributed by atoms with Gasteiger partial charge in [0, 0.05) is 17.2 Å². The summed E-state index contributed by atoms with van der Waals surface area (Å²) < 4.78 is 0. The zero-order valence-corrected chi connectivity index (χ0v) is 9.11. The summed E-state index contributed by atoms with van der Waals surface area (Å²) in [4.78, 5) is 22.3. The summed E-state index contributed by atoms with van der Waals surface area (Å²) in [5.74, 6) is -0.0376. The lowest BCUT2D eigenvalue weighted by Crippen LogP contribution is -2.32. The van der Waals surface area contributed by atoms with Gasteiger partial charge in [0.05, 0.1) is 0 Å². The smallest absolute Gasteiger partial charge is 0.251 e. The van der Waals surface area contributed by atoms with Crippen LogP contribution in [0.1, 0.15) is 46.4 Å². The van der Waals surface area contributed by atoms with E-state index in [1.54, 1.807) is 24.3 Å². The van der Waals surface area contributed by atoms with Gasteiger partial charge < -0.3 is 5.32 Å². The molecule has 1 saturated carbocycles. The molecule has 3 heteroatoms. The summed E-state index contributed by atoms with van der Waals surface area (Å²) in [6.45, 7) is 0. The summed E-state index contributed by atoms with van der Waals surface area (Å²) in [6, 6.07) is 7.04. The molecular formula is C13H15NO2. The van der Waals surface area contributed by atoms with Crippen LogP contribution in [0.15, 0.2) is 24.3 Å². The molecule has 1 amide bonds. The standard InChI is InChI=1S/C13H15NO2/c15-9-10-5-7-11(8-6-10)13(16)14-12-3-1-2-4-12/h5-9,12H,1-4H2,(H,14,16). The number of carbonyl (C=O) groups excluding carboxylic acids is 2. The molecule has 0 radical (unpaired) electrons. The lowest BCUT2D eigenvalue weighted by Gasteiger charge is -2.11. The second-order valence-electron chi connectivity index (χ2n) is 4.19. The van der Waals surface area contributed by atoms with Gasteiger partial charge in [0.25, 0.3) is 5.91 Å². The van der Waals surface area contributed by atoms with E-state index in [0.717, 1.165) is 19.1 Å². The van der Waals surface area contributed by atoms with Crippen LogP contribution in [0.4, 0.5) is 0 Å². The van der Waals surface area contributed by atoms with Crippen LogP contribution in [-0.4, -0.2) is 18.2 Å². The Morgan fingerprint density at radius 2 is 1.81 bits per heavy atom. The maximum Gasteiger partial charge on any atom is 0.251 e. The van der Waals surface area contributed by atoms with Gasteiger partial charge in [-0.2, -0.15) is 0 Å². The second-order valence-corrected chi connectivity index (χ2v) is 4.19. The van der Waals surface area contributed by atoms with Crippen molar-refractivity contribution in [1.29, 1.82) is 0 Å². The molecule has 0 aliphatic heterocycles. The van der Waals surface area contributed by atoms with Gasteiger partial charge in [-0.3, -0.25) is 9.59 Å². The zero-order valence-electron chi connectivity index (χ0n) is 9.11. The Morgan fingerprint density at radius 1 is 1.19 bits per heavy atom. The molecule has 0 aromatic heterocycles. The summed E-state index contributed by atoms with van der Waals surface area (Å²) in [5, 5.41) is 3.01. The van der Waals surface area contributed by atoms with Crippen molar-refractivity contribution in [2.45, 2.75) is 31.7 Å². The molecule has 16 heavy (non-hydrogen) atoms. The molecule has 1 N–H and O–H groups in total. The third kappa shape index (κ3) is 2.48. The summed E-state index contributed by atoms with van der Waals surface area (Å²) in [5.41, 5.74) is 1.22. The van der Waals surface area contributed by atoms with E-state index in [1.165, 1.54) is 12.8 Å². The first-order valence-corrected chi connectivity index (χ1v) is 5.66. The van der Waals surface area contributed by atoms with Gasteiger partial charge in [-0.15, -0.1) is 0 Å². The molecule has 0 unspecified atom stereocenters. The topological polar surface area (TPSA) is 46.2 Å². The number of amides is 1. The minimum atomic E-state index is -0.0376. The number of carbonyl (C=O) groups is 2. The second kappa shape index (κ2) is 4.92. The molecule has 1 fully saturated rings. The third-order valence-corrected chi connectivity index (χ3v) is 3.00. The Bertz CT molecular complexity index is 377. The van der Waals surface area contributed by atoms with Gasteiger partial charge in [-0.05, 0) is 25.0 Å². The monoisotopic (exact) mass is 217 g/mol. The highest BCUT2D eigenvalue weighted by Crippen LogP contribution is 2.18. The van der Waals surface area contributed by atoms with Crippen LogP contribution in [0, 0.1) is 0 Å². The van der Waals surface area contributed by atoms with E-state index in [0.29, 0.717) is 17.2 Å². The van der Waals surface area contributed by atoms with E-state index < -0.39 is 0 Å². The molecule has 1 aliphatic carbocycles. The lowest BCUT2D eigenvalue weighted by molar-refractivity contribution is 0.0937. The van der Waals surface area contributed by atoms with E-state index in [9.17, 15) is 9.59 Å². The van der Waals surface area contributed by atoms with E-state index in [-0.39, 0.29) is 5.91 Å². The minimum Gasteiger partial charge on any atom is -0.349 e. The molecule has 2 rings (SSSR count). The predicted molar refractivity (Wildman–Crippen MR) is 61.6 cm³/mol. The fraction of sp³-hybridized carbons (Fsp3) is 0.385. The van der Waals surface area contributed by atoms with Crippen molar-refractivity contribution in [2.75, 3.05) is 0 Å². The summed E-state index contributed by atoms with van der Waals surface area (Å²) in [7, 11) is 0. The zero-order chi connectivity index (χ0) is 11.4. The average molecular weight is 217 g/mol. The predicted octanol–water partition coefficient (Wildman–Crippen LogP) is 2.17. The molecule has 0 saturated heterocycles. The van der Waals surface area contributed by atoms with Crippen LogP contribution < -0.4 is 5.32 Å². The highest BCUT2D eigenvalue weighted by Gasteiger charge is 2.17. The van der Waals surface area contributed by atoms with Crippen LogP contribution in [-0.2, 0) is 0 Å². The maximum atomic E-state index is 11.8. The van der Waals surface area contributed by atoms with E-state index in [2.05, 4.69) is 5.32 Å². The first kappa shape index (κ1) is 10.9. The molecule has 1 aromatic carbocycles. The lowest BCUT2D eigenvalue weighted by atomic mass is 10.1. The third-order valence-electron chi connectivity index (χ3n) is 3.00. The van der Waals surface area contributed by atoms with Crippen molar-refractivity contribution in [3.63, 3.8) is 0 Å². The van der Waals surface area contributed by atoms with Crippen LogP contribution in [0.5, 0.6) is 0 Å². The van der Waals surface area contributed by atoms with Gasteiger partial charge in [-0.25, -0.2) is 0 Å². The van der Waals surface area contributed by atoms with Gasteiger partial charge in [0.2, 0.25) is 0 Å². The number of rotatable bonds is 3. The summed E-state index contributed by atoms with van der Waals surface area (Å²) in [6.07, 6.45) is 5.35. The Labute approximate surface area is 94.9 Å². The highest BCUT2D eigenvalue weighted by atomic mass is 16.1. The van der Waals surface area contributed by atoms with Gasteiger partial charge >= 0.3 is 0 Å². The number of benzene rings is 1. The largest absolute Gasteiger partial charge is 0.349 e. The normalized spacial score (nSPS) is 16.0. The molecule has 1 aromatic rings. The molecular weight excluding hydrogens is 202 g/mol. The quantitative estimate of drug-likeness (QED) is 0.789. The first-order chi connectivity index (χ1) is 7.79. The SMILES string of the molecule is O=Cc1ccc(C(=O)NC2CCCC2)cc1. The van der Waals surface area contributed by atoms with Crippen LogP contribution in [0.3, 0.4) is 0 Å². The minimum absolute atomic E-state index is 0.0376. The molecule has 1 aliphatic rings. The van der Waals surface area contributed by atoms with Gasteiger partial charge in [0.1, 0.15) is 6.29 Å².